The fourth-order valence-corrected chi connectivity index (χ4v) is 1.39. The molecule has 12 heavy (non-hydrogen) atoms. The van der Waals surface area contributed by atoms with Crippen LogP contribution in [0.4, 0.5) is 0 Å². The van der Waals surface area contributed by atoms with E-state index in [1.54, 1.807) is 0 Å². The normalized spacial score (nSPS) is 10.6. The Bertz CT molecular complexity index is 238. The highest BCUT2D eigenvalue weighted by Gasteiger charge is 2.03. The van der Waals surface area contributed by atoms with E-state index < -0.39 is 0 Å². The summed E-state index contributed by atoms with van der Waals surface area (Å²) in [5.74, 6) is 0. The van der Waals surface area contributed by atoms with Crippen molar-refractivity contribution in [1.29, 1.82) is 0 Å². The molecule has 0 N–H and O–H groups in total. The number of nitrogens with zero attached hydrogens (tertiary/aromatic N) is 2. The molecule has 67 valence electrons. The van der Waals surface area contributed by atoms with Gasteiger partial charge in [-0.2, -0.15) is 5.10 Å². The second-order valence-corrected chi connectivity index (χ2v) is 3.11. The third-order valence-electron chi connectivity index (χ3n) is 2.14. The first-order valence-corrected chi connectivity index (χ1v) is 4.73. The Balaban J connectivity index is 2.70. The van der Waals surface area contributed by atoms with E-state index in [-0.39, 0.29) is 0 Å². The lowest BCUT2D eigenvalue weighted by atomic mass is 10.2. The summed E-state index contributed by atoms with van der Waals surface area (Å²) in [6.07, 6.45) is 6.51. The van der Waals surface area contributed by atoms with Crippen LogP contribution in [0.15, 0.2) is 0 Å². The van der Waals surface area contributed by atoms with Crippen LogP contribution in [0.1, 0.15) is 37.9 Å². The fraction of sp³-hybridized carbons (Fsp3) is 0.700. The van der Waals surface area contributed by atoms with Crippen LogP contribution in [-0.4, -0.2) is 9.78 Å². The molecule has 0 fully saturated rings. The number of aromatic nitrogens is 2. The second-order valence-electron chi connectivity index (χ2n) is 3.11. The highest BCUT2D eigenvalue weighted by Crippen LogP contribution is 2.07. The Kier molecular flexibility index (Phi) is 3.32. The second kappa shape index (κ2) is 4.29. The van der Waals surface area contributed by atoms with Crippen molar-refractivity contribution in [3.8, 4) is 0 Å². The lowest BCUT2D eigenvalue weighted by molar-refractivity contribution is 0.550. The van der Waals surface area contributed by atoms with Gasteiger partial charge in [-0.25, -0.2) is 0 Å². The summed E-state index contributed by atoms with van der Waals surface area (Å²) in [5.41, 5.74) is 2.54. The van der Waals surface area contributed by atoms with Gasteiger partial charge in [-0.15, -0.1) is 0 Å². The van der Waals surface area contributed by atoms with Gasteiger partial charge >= 0.3 is 0 Å². The predicted octanol–water partition coefficient (Wildman–Crippen LogP) is 2.35. The molecule has 2 heteroatoms. The van der Waals surface area contributed by atoms with Gasteiger partial charge in [0.1, 0.15) is 6.20 Å². The largest absolute Gasteiger partial charge is 0.269 e. The van der Waals surface area contributed by atoms with Crippen LogP contribution in [0.25, 0.3) is 0 Å². The van der Waals surface area contributed by atoms with Crippen molar-refractivity contribution in [2.45, 2.75) is 46.6 Å². The molecule has 1 aromatic rings. The highest BCUT2D eigenvalue weighted by molar-refractivity contribution is 5.13. The van der Waals surface area contributed by atoms with Gasteiger partial charge in [0.15, 0.2) is 0 Å². The molecule has 0 atom stereocenters. The maximum Gasteiger partial charge on any atom is 0.116 e. The van der Waals surface area contributed by atoms with Crippen molar-refractivity contribution < 1.29 is 0 Å². The molecule has 0 aliphatic carbocycles. The van der Waals surface area contributed by atoms with Crippen molar-refractivity contribution in [3.63, 3.8) is 0 Å². The third-order valence-corrected chi connectivity index (χ3v) is 2.14. The van der Waals surface area contributed by atoms with Gasteiger partial charge < -0.3 is 0 Å². The first-order valence-electron chi connectivity index (χ1n) is 4.73. The molecule has 0 saturated heterocycles. The Morgan fingerprint density at radius 2 is 2.17 bits per heavy atom. The number of hydrogen-bond donors (Lipinski definition) is 0. The van der Waals surface area contributed by atoms with Crippen LogP contribution in [0.3, 0.4) is 0 Å². The van der Waals surface area contributed by atoms with Gasteiger partial charge in [0.2, 0.25) is 0 Å². The minimum atomic E-state index is 1.05. The summed E-state index contributed by atoms with van der Waals surface area (Å²) in [4.78, 5) is 0. The molecule has 0 aliphatic heterocycles. The maximum atomic E-state index is 4.22. The van der Waals surface area contributed by atoms with E-state index in [0.717, 1.165) is 13.0 Å². The molecule has 1 radical (unpaired) electrons. The minimum absolute atomic E-state index is 1.05. The number of unbranched alkanes of at least 4 members (excludes halogenated alkanes) is 1. The fourth-order valence-electron chi connectivity index (χ4n) is 1.39. The van der Waals surface area contributed by atoms with Crippen LogP contribution >= 0.6 is 0 Å². The Labute approximate surface area is 74.6 Å². The Morgan fingerprint density at radius 1 is 1.42 bits per heavy atom. The van der Waals surface area contributed by atoms with Crippen molar-refractivity contribution >= 4 is 0 Å². The van der Waals surface area contributed by atoms with E-state index in [1.807, 2.05) is 0 Å². The zero-order valence-electron chi connectivity index (χ0n) is 8.22. The summed E-state index contributed by atoms with van der Waals surface area (Å²) in [7, 11) is 0. The molecule has 1 rings (SSSR count). The first kappa shape index (κ1) is 9.30. The summed E-state index contributed by atoms with van der Waals surface area (Å²) >= 11 is 0. The van der Waals surface area contributed by atoms with Crippen molar-refractivity contribution in [3.05, 3.63) is 17.5 Å². The maximum absolute atomic E-state index is 4.22. The van der Waals surface area contributed by atoms with Crippen molar-refractivity contribution in [1.82, 2.24) is 9.78 Å². The summed E-state index contributed by atoms with van der Waals surface area (Å²) in [6, 6.07) is 0. The van der Waals surface area contributed by atoms with Crippen LogP contribution in [0.2, 0.25) is 0 Å². The zero-order valence-corrected chi connectivity index (χ0v) is 8.22. The topological polar surface area (TPSA) is 17.8 Å². The molecule has 1 aromatic heterocycles. The average Bonchev–Trinajstić information content (AvgIpc) is 2.43. The molecular weight excluding hydrogens is 148 g/mol. The summed E-state index contributed by atoms with van der Waals surface area (Å²) in [6.45, 7) is 7.49. The molecule has 0 saturated carbocycles. The van der Waals surface area contributed by atoms with Crippen molar-refractivity contribution in [2.75, 3.05) is 0 Å². The van der Waals surface area contributed by atoms with Crippen LogP contribution < -0.4 is 0 Å². The lowest BCUT2D eigenvalue weighted by Gasteiger charge is -2.04. The predicted molar refractivity (Wildman–Crippen MR) is 50.1 cm³/mol. The molecule has 2 nitrogen and oxygen atoms in total. The number of rotatable bonds is 4. The van der Waals surface area contributed by atoms with Crippen LogP contribution in [0.5, 0.6) is 0 Å². The van der Waals surface area contributed by atoms with Crippen molar-refractivity contribution in [2.24, 2.45) is 0 Å². The van der Waals surface area contributed by atoms with E-state index in [4.69, 9.17) is 0 Å². The van der Waals surface area contributed by atoms with Crippen LogP contribution in [0, 0.1) is 13.1 Å². The Hall–Kier alpha value is -0.790. The van der Waals surface area contributed by atoms with Gasteiger partial charge in [-0.1, -0.05) is 20.3 Å². The molecule has 0 aliphatic rings. The van der Waals surface area contributed by atoms with E-state index in [1.165, 1.54) is 24.1 Å². The van der Waals surface area contributed by atoms with Gasteiger partial charge in [-0.3, -0.25) is 4.68 Å². The van der Waals surface area contributed by atoms with Gasteiger partial charge in [0.05, 0.1) is 0 Å². The van der Waals surface area contributed by atoms with Gasteiger partial charge in [-0.05, 0) is 25.3 Å². The molecule has 1 heterocycles. The minimum Gasteiger partial charge on any atom is -0.269 e. The van der Waals surface area contributed by atoms with Gasteiger partial charge in [0.25, 0.3) is 0 Å². The van der Waals surface area contributed by atoms with E-state index in [9.17, 15) is 0 Å². The number of hydrogen-bond acceptors (Lipinski definition) is 1. The molecule has 0 spiro atoms. The quantitative estimate of drug-likeness (QED) is 0.669. The highest BCUT2D eigenvalue weighted by atomic mass is 15.3. The average molecular weight is 165 g/mol. The van der Waals surface area contributed by atoms with E-state index >= 15 is 0 Å². The molecule has 0 amide bonds. The molecule has 0 unspecified atom stereocenters. The smallest absolute Gasteiger partial charge is 0.116 e. The molecule has 0 aromatic carbocycles. The standard InChI is InChI=1S/C10H17N2/c1-4-6-7-12-10(5-2)9(3)8-11-12/h4-7H2,1-3H3. The lowest BCUT2D eigenvalue weighted by Crippen LogP contribution is -2.04. The molecule has 0 bridgehead atoms. The SMILES string of the molecule is CCCCn1n[c]c(C)c1CC. The third kappa shape index (κ3) is 1.87. The van der Waals surface area contributed by atoms with Crippen LogP contribution in [-0.2, 0) is 13.0 Å². The zero-order chi connectivity index (χ0) is 8.97. The Morgan fingerprint density at radius 3 is 2.75 bits per heavy atom. The van der Waals surface area contributed by atoms with Gasteiger partial charge in [0, 0.05) is 12.2 Å². The van der Waals surface area contributed by atoms with E-state index in [0.29, 0.717) is 0 Å². The first-order chi connectivity index (χ1) is 5.79. The summed E-state index contributed by atoms with van der Waals surface area (Å²) < 4.78 is 2.08. The summed E-state index contributed by atoms with van der Waals surface area (Å²) in [5, 5.41) is 4.22. The molecular formula is C10H17N2. The van der Waals surface area contributed by atoms with E-state index in [2.05, 4.69) is 36.7 Å². The number of aryl methyl sites for hydroxylation is 2. The monoisotopic (exact) mass is 165 g/mol.